The fourth-order valence-electron chi connectivity index (χ4n) is 3.48. The summed E-state index contributed by atoms with van der Waals surface area (Å²) < 4.78 is 5.70. The van der Waals surface area contributed by atoms with Gasteiger partial charge in [0.2, 0.25) is 0 Å². The summed E-state index contributed by atoms with van der Waals surface area (Å²) in [5.41, 5.74) is 1.31. The van der Waals surface area contributed by atoms with Gasteiger partial charge >= 0.3 is 0 Å². The Labute approximate surface area is 151 Å². The van der Waals surface area contributed by atoms with Crippen LogP contribution in [0, 0.1) is 5.92 Å². The molecule has 130 valence electrons. The number of benzene rings is 1. The predicted molar refractivity (Wildman–Crippen MR) is 103 cm³/mol. The largest absolute Gasteiger partial charge is 0.376 e. The Hall–Kier alpha value is -1.39. The normalized spacial score (nSPS) is 23.2. The molecule has 0 bridgehead atoms. The van der Waals surface area contributed by atoms with Gasteiger partial charge in [0, 0.05) is 26.2 Å². The van der Waals surface area contributed by atoms with E-state index in [1.165, 1.54) is 31.2 Å². The fourth-order valence-corrected chi connectivity index (χ4v) is 3.70. The maximum absolute atomic E-state index is 5.72. The van der Waals surface area contributed by atoms with Crippen LogP contribution in [-0.2, 0) is 11.3 Å². The van der Waals surface area contributed by atoms with Crippen molar-refractivity contribution in [2.75, 3.05) is 19.7 Å². The van der Waals surface area contributed by atoms with Crippen LogP contribution in [0.1, 0.15) is 37.7 Å². The van der Waals surface area contributed by atoms with Crippen molar-refractivity contribution in [2.45, 2.75) is 44.8 Å². The van der Waals surface area contributed by atoms with Crippen LogP contribution in [0.15, 0.2) is 42.5 Å². The molecule has 1 aromatic rings. The molecule has 3 nitrogen and oxygen atoms in total. The Morgan fingerprint density at radius 1 is 1.21 bits per heavy atom. The number of ether oxygens (including phenoxy) is 1. The maximum Gasteiger partial charge on any atom is 0.169 e. The van der Waals surface area contributed by atoms with Crippen molar-refractivity contribution < 1.29 is 4.74 Å². The van der Waals surface area contributed by atoms with Crippen molar-refractivity contribution in [3.63, 3.8) is 0 Å². The molecule has 1 fully saturated rings. The van der Waals surface area contributed by atoms with Gasteiger partial charge in [0.25, 0.3) is 0 Å². The number of thiocarbonyl (C=S) groups is 1. The van der Waals surface area contributed by atoms with Gasteiger partial charge in [-0.2, -0.15) is 0 Å². The lowest BCUT2D eigenvalue weighted by Crippen LogP contribution is -2.44. The van der Waals surface area contributed by atoms with E-state index < -0.39 is 0 Å². The standard InChI is InChI=1S/C20H28N2OS/c24-20(21-14-19-12-7-13-23-19)22(15-17-8-3-1-4-9-17)16-18-10-5-2-6-11-18/h1-5,8-9,18-19H,6-7,10-16H2,(H,21,24)/t18-,19-/m1/s1. The van der Waals surface area contributed by atoms with E-state index in [-0.39, 0.29) is 0 Å². The van der Waals surface area contributed by atoms with Crippen LogP contribution in [0.2, 0.25) is 0 Å². The minimum atomic E-state index is 0.319. The van der Waals surface area contributed by atoms with E-state index >= 15 is 0 Å². The van der Waals surface area contributed by atoms with Gasteiger partial charge in [-0.15, -0.1) is 0 Å². The number of allylic oxidation sites excluding steroid dienone is 2. The predicted octanol–water partition coefficient (Wildman–Crippen LogP) is 3.90. The van der Waals surface area contributed by atoms with E-state index in [0.29, 0.717) is 12.0 Å². The molecule has 0 aromatic heterocycles. The van der Waals surface area contributed by atoms with Crippen molar-refractivity contribution in [3.8, 4) is 0 Å². The summed E-state index contributed by atoms with van der Waals surface area (Å²) in [6.07, 6.45) is 10.9. The summed E-state index contributed by atoms with van der Waals surface area (Å²) >= 11 is 5.72. The topological polar surface area (TPSA) is 24.5 Å². The van der Waals surface area contributed by atoms with Crippen LogP contribution in [0.3, 0.4) is 0 Å². The van der Waals surface area contributed by atoms with Gasteiger partial charge in [-0.05, 0) is 55.8 Å². The van der Waals surface area contributed by atoms with Gasteiger partial charge in [-0.1, -0.05) is 42.5 Å². The number of hydrogen-bond donors (Lipinski definition) is 1. The molecule has 2 aliphatic rings. The Balaban J connectivity index is 1.58. The van der Waals surface area contributed by atoms with E-state index in [2.05, 4.69) is 52.7 Å². The van der Waals surface area contributed by atoms with Gasteiger partial charge in [-0.3, -0.25) is 0 Å². The van der Waals surface area contributed by atoms with Crippen molar-refractivity contribution in [1.82, 2.24) is 10.2 Å². The second kappa shape index (κ2) is 9.19. The van der Waals surface area contributed by atoms with Crippen molar-refractivity contribution in [2.24, 2.45) is 5.92 Å². The smallest absolute Gasteiger partial charge is 0.169 e. The van der Waals surface area contributed by atoms with Gasteiger partial charge in [0.15, 0.2) is 5.11 Å². The number of nitrogens with zero attached hydrogens (tertiary/aromatic N) is 1. The number of rotatable bonds is 6. The summed E-state index contributed by atoms with van der Waals surface area (Å²) in [7, 11) is 0. The molecule has 1 aromatic carbocycles. The van der Waals surface area contributed by atoms with Crippen LogP contribution < -0.4 is 5.32 Å². The third-order valence-electron chi connectivity index (χ3n) is 4.86. The van der Waals surface area contributed by atoms with Crippen LogP contribution in [-0.4, -0.2) is 35.8 Å². The molecule has 0 radical (unpaired) electrons. The Kier molecular flexibility index (Phi) is 6.67. The lowest BCUT2D eigenvalue weighted by atomic mass is 9.94. The molecule has 1 heterocycles. The molecule has 2 atom stereocenters. The molecule has 1 N–H and O–H groups in total. The first-order valence-electron chi connectivity index (χ1n) is 9.14. The molecule has 1 aliphatic carbocycles. The zero-order chi connectivity index (χ0) is 16.6. The van der Waals surface area contributed by atoms with Crippen LogP contribution in [0.4, 0.5) is 0 Å². The Bertz CT molecular complexity index is 540. The van der Waals surface area contributed by atoms with Gasteiger partial charge in [-0.25, -0.2) is 0 Å². The molecule has 0 saturated carbocycles. The second-order valence-corrected chi connectivity index (χ2v) is 7.22. The van der Waals surface area contributed by atoms with Gasteiger partial charge in [0.1, 0.15) is 0 Å². The van der Waals surface area contributed by atoms with E-state index in [4.69, 9.17) is 17.0 Å². The Morgan fingerprint density at radius 2 is 2.08 bits per heavy atom. The van der Waals surface area contributed by atoms with E-state index in [1.54, 1.807) is 0 Å². The van der Waals surface area contributed by atoms with Crippen molar-refractivity contribution in [1.29, 1.82) is 0 Å². The fraction of sp³-hybridized carbons (Fsp3) is 0.550. The van der Waals surface area contributed by atoms with E-state index in [0.717, 1.165) is 37.8 Å². The first-order valence-corrected chi connectivity index (χ1v) is 9.55. The van der Waals surface area contributed by atoms with Gasteiger partial charge in [0.05, 0.1) is 6.10 Å². The third kappa shape index (κ3) is 5.32. The highest BCUT2D eigenvalue weighted by Gasteiger charge is 2.20. The first kappa shape index (κ1) is 17.4. The summed E-state index contributed by atoms with van der Waals surface area (Å²) in [5, 5.41) is 4.31. The highest BCUT2D eigenvalue weighted by atomic mass is 32.1. The minimum absolute atomic E-state index is 0.319. The molecule has 24 heavy (non-hydrogen) atoms. The van der Waals surface area contributed by atoms with Crippen LogP contribution in [0.25, 0.3) is 0 Å². The minimum Gasteiger partial charge on any atom is -0.376 e. The van der Waals surface area contributed by atoms with Crippen LogP contribution in [0.5, 0.6) is 0 Å². The zero-order valence-electron chi connectivity index (χ0n) is 14.3. The highest BCUT2D eigenvalue weighted by molar-refractivity contribution is 7.80. The highest BCUT2D eigenvalue weighted by Crippen LogP contribution is 2.20. The summed E-state index contributed by atoms with van der Waals surface area (Å²) in [6, 6.07) is 10.6. The lowest BCUT2D eigenvalue weighted by molar-refractivity contribution is 0.113. The molecule has 1 aliphatic heterocycles. The van der Waals surface area contributed by atoms with Crippen molar-refractivity contribution >= 4 is 17.3 Å². The maximum atomic E-state index is 5.72. The zero-order valence-corrected chi connectivity index (χ0v) is 15.1. The third-order valence-corrected chi connectivity index (χ3v) is 5.27. The summed E-state index contributed by atoms with van der Waals surface area (Å²) in [4.78, 5) is 2.34. The molecule has 1 saturated heterocycles. The number of nitrogens with one attached hydrogen (secondary N) is 1. The summed E-state index contributed by atoms with van der Waals surface area (Å²) in [5.74, 6) is 0.696. The average Bonchev–Trinajstić information content (AvgIpc) is 3.14. The monoisotopic (exact) mass is 344 g/mol. The average molecular weight is 345 g/mol. The molecule has 0 amide bonds. The SMILES string of the molecule is S=C(NC[C@H]1CCCO1)N(Cc1ccccc1)C[C@@H]1CC=CCC1. The first-order chi connectivity index (χ1) is 11.8. The molecule has 3 rings (SSSR count). The quantitative estimate of drug-likeness (QED) is 0.625. The molecular weight excluding hydrogens is 316 g/mol. The number of hydrogen-bond acceptors (Lipinski definition) is 2. The molecule has 4 heteroatoms. The Morgan fingerprint density at radius 3 is 2.79 bits per heavy atom. The molecule has 0 unspecified atom stereocenters. The molecule has 0 spiro atoms. The van der Waals surface area contributed by atoms with Crippen molar-refractivity contribution in [3.05, 3.63) is 48.0 Å². The second-order valence-electron chi connectivity index (χ2n) is 6.84. The van der Waals surface area contributed by atoms with Gasteiger partial charge < -0.3 is 15.0 Å². The van der Waals surface area contributed by atoms with E-state index in [9.17, 15) is 0 Å². The van der Waals surface area contributed by atoms with Crippen LogP contribution >= 0.6 is 12.2 Å². The lowest BCUT2D eigenvalue weighted by Gasteiger charge is -2.31. The molecular formula is C20H28N2OS. The summed E-state index contributed by atoms with van der Waals surface area (Å²) in [6.45, 7) is 3.62. The van der Waals surface area contributed by atoms with E-state index in [1.807, 2.05) is 0 Å².